The summed E-state index contributed by atoms with van der Waals surface area (Å²) in [7, 11) is 0. The van der Waals surface area contributed by atoms with Crippen LogP contribution in [0, 0.1) is 0 Å². The Morgan fingerprint density at radius 1 is 0.957 bits per heavy atom. The molecule has 2 rings (SSSR count). The number of aliphatic hydroxyl groups excluding tert-OH is 1. The molecule has 8 N–H and O–H groups in total. The van der Waals surface area contributed by atoms with Gasteiger partial charge >= 0.3 is 0 Å². The van der Waals surface area contributed by atoms with Crippen LogP contribution in [0.5, 0.6) is 0 Å². The topological polar surface area (TPSA) is 188 Å². The summed E-state index contributed by atoms with van der Waals surface area (Å²) >= 11 is 0. The van der Waals surface area contributed by atoms with Crippen LogP contribution in [-0.4, -0.2) is 82.5 Å². The summed E-state index contributed by atoms with van der Waals surface area (Å²) in [4.78, 5) is 12.3. The lowest BCUT2D eigenvalue weighted by Gasteiger charge is -2.55. The second-order valence-corrected chi connectivity index (χ2v) is 5.20. The van der Waals surface area contributed by atoms with E-state index in [2.05, 4.69) is 4.74 Å². The van der Waals surface area contributed by atoms with Crippen molar-refractivity contribution in [2.24, 2.45) is 0 Å². The van der Waals surface area contributed by atoms with Crippen molar-refractivity contribution in [3.63, 3.8) is 0 Å². The van der Waals surface area contributed by atoms with Gasteiger partial charge in [-0.2, -0.15) is 0 Å². The Morgan fingerprint density at radius 3 is 1.96 bits per heavy atom. The number of ether oxygens (including phenoxy) is 1. The van der Waals surface area contributed by atoms with Crippen LogP contribution in [0.4, 0.5) is 0 Å². The first kappa shape index (κ1) is 17.9. The molecule has 0 unspecified atom stereocenters. The summed E-state index contributed by atoms with van der Waals surface area (Å²) in [6, 6.07) is 6.56. The molecule has 10 nitrogen and oxygen atoms in total. The molecule has 1 aromatic rings. The van der Waals surface area contributed by atoms with E-state index in [-0.39, 0.29) is 5.56 Å². The molecule has 1 aliphatic heterocycles. The standard InChI is InChI=1S/C13H16O10/c14-6-8-10(16,17)12(19,20)13(21,22)11(18,23-8)9(15)7-4-2-1-3-5-7/h1-5,8,14,16-22H,6H2/t8-,11-/m1/s1. The number of hydrogen-bond acceptors (Lipinski definition) is 10. The molecule has 0 amide bonds. The normalized spacial score (nSPS) is 31.6. The number of carbonyl (C=O) groups excluding carboxylic acids is 1. The first-order valence-corrected chi connectivity index (χ1v) is 6.38. The van der Waals surface area contributed by atoms with E-state index in [4.69, 9.17) is 5.11 Å². The van der Waals surface area contributed by atoms with Crippen LogP contribution in [0.25, 0.3) is 0 Å². The van der Waals surface area contributed by atoms with Crippen LogP contribution in [0.2, 0.25) is 0 Å². The molecule has 1 fully saturated rings. The van der Waals surface area contributed by atoms with Gasteiger partial charge in [-0.25, -0.2) is 0 Å². The van der Waals surface area contributed by atoms with Crippen LogP contribution in [0.3, 0.4) is 0 Å². The molecule has 1 saturated heterocycles. The van der Waals surface area contributed by atoms with Crippen molar-refractivity contribution in [3.05, 3.63) is 35.9 Å². The average molecular weight is 332 g/mol. The van der Waals surface area contributed by atoms with Crippen LogP contribution < -0.4 is 0 Å². The summed E-state index contributed by atoms with van der Waals surface area (Å²) < 4.78 is 4.54. The van der Waals surface area contributed by atoms with Gasteiger partial charge in [0, 0.05) is 5.56 Å². The van der Waals surface area contributed by atoms with Gasteiger partial charge in [-0.1, -0.05) is 30.3 Å². The maximum atomic E-state index is 12.3. The highest BCUT2D eigenvalue weighted by Gasteiger charge is 2.80. The minimum atomic E-state index is -4.25. The Kier molecular flexibility index (Phi) is 4.10. The van der Waals surface area contributed by atoms with Gasteiger partial charge in [-0.3, -0.25) is 4.79 Å². The lowest BCUT2D eigenvalue weighted by Crippen LogP contribution is -2.86. The average Bonchev–Trinajstić information content (AvgIpc) is 2.50. The Morgan fingerprint density at radius 2 is 1.48 bits per heavy atom. The van der Waals surface area contributed by atoms with Crippen LogP contribution in [0.15, 0.2) is 30.3 Å². The molecule has 0 saturated carbocycles. The molecule has 0 bridgehead atoms. The van der Waals surface area contributed by atoms with Gasteiger partial charge in [0.25, 0.3) is 23.1 Å². The van der Waals surface area contributed by atoms with E-state index in [1.54, 1.807) is 0 Å². The van der Waals surface area contributed by atoms with Gasteiger partial charge in [0.05, 0.1) is 6.61 Å². The number of ketones is 1. The van der Waals surface area contributed by atoms with Gasteiger partial charge in [-0.05, 0) is 0 Å². The fraction of sp³-hybridized carbons (Fsp3) is 0.462. The zero-order valence-corrected chi connectivity index (χ0v) is 11.6. The van der Waals surface area contributed by atoms with Crippen molar-refractivity contribution in [2.75, 3.05) is 6.61 Å². The van der Waals surface area contributed by atoms with E-state index in [1.807, 2.05) is 0 Å². The molecule has 23 heavy (non-hydrogen) atoms. The first-order valence-electron chi connectivity index (χ1n) is 6.38. The Labute approximate surface area is 129 Å². The van der Waals surface area contributed by atoms with Gasteiger partial charge in [0.1, 0.15) is 6.10 Å². The Balaban J connectivity index is 2.59. The number of hydrogen-bond donors (Lipinski definition) is 8. The zero-order valence-electron chi connectivity index (χ0n) is 11.6. The summed E-state index contributed by atoms with van der Waals surface area (Å²) in [5, 5.41) is 77.7. The summed E-state index contributed by atoms with van der Waals surface area (Å²) in [6.45, 7) is -1.30. The quantitative estimate of drug-likeness (QED) is 0.200. The van der Waals surface area contributed by atoms with Crippen molar-refractivity contribution in [1.82, 2.24) is 0 Å². The predicted molar refractivity (Wildman–Crippen MR) is 69.2 cm³/mol. The molecule has 0 aromatic heterocycles. The highest BCUT2D eigenvalue weighted by atomic mass is 16.8. The molecule has 0 radical (unpaired) electrons. The lowest BCUT2D eigenvalue weighted by atomic mass is 9.80. The molecule has 128 valence electrons. The molecule has 2 atom stereocenters. The highest BCUT2D eigenvalue weighted by Crippen LogP contribution is 2.45. The van der Waals surface area contributed by atoms with Crippen LogP contribution >= 0.6 is 0 Å². The second kappa shape index (κ2) is 5.27. The molecular formula is C13H16O10. The molecule has 0 aliphatic carbocycles. The second-order valence-electron chi connectivity index (χ2n) is 5.20. The Bertz CT molecular complexity index is 596. The predicted octanol–water partition coefficient (Wildman–Crippen LogP) is -4.01. The maximum Gasteiger partial charge on any atom is 0.293 e. The van der Waals surface area contributed by atoms with Crippen molar-refractivity contribution in [1.29, 1.82) is 0 Å². The first-order chi connectivity index (χ1) is 10.4. The molecule has 0 spiro atoms. The highest BCUT2D eigenvalue weighted by molar-refractivity contribution is 6.02. The molecule has 1 heterocycles. The van der Waals surface area contributed by atoms with Gasteiger partial charge in [0.2, 0.25) is 5.78 Å². The smallest absolute Gasteiger partial charge is 0.293 e. The molecule has 10 heteroatoms. The van der Waals surface area contributed by atoms with Crippen LogP contribution in [0.1, 0.15) is 10.4 Å². The SMILES string of the molecule is O=C(c1ccccc1)[C@@]1(O)O[C@H](CO)C(O)(O)C(O)(O)C1(O)O. The summed E-state index contributed by atoms with van der Waals surface area (Å²) in [6.07, 6.45) is -2.34. The van der Waals surface area contributed by atoms with Crippen LogP contribution in [-0.2, 0) is 4.74 Å². The number of rotatable bonds is 3. The van der Waals surface area contributed by atoms with Gasteiger partial charge in [0.15, 0.2) is 0 Å². The molecular weight excluding hydrogens is 316 g/mol. The monoisotopic (exact) mass is 332 g/mol. The number of Topliss-reactive ketones (excluding diaryl/α,β-unsaturated/α-hetero) is 1. The number of aliphatic hydroxyl groups is 8. The minimum absolute atomic E-state index is 0.307. The lowest BCUT2D eigenvalue weighted by molar-refractivity contribution is -0.551. The number of benzene rings is 1. The fourth-order valence-electron chi connectivity index (χ4n) is 2.25. The van der Waals surface area contributed by atoms with E-state index in [9.17, 15) is 40.5 Å². The fourth-order valence-corrected chi connectivity index (χ4v) is 2.25. The van der Waals surface area contributed by atoms with Gasteiger partial charge < -0.3 is 45.6 Å². The van der Waals surface area contributed by atoms with Crippen molar-refractivity contribution >= 4 is 5.78 Å². The van der Waals surface area contributed by atoms with E-state index in [1.165, 1.54) is 18.2 Å². The van der Waals surface area contributed by atoms with E-state index >= 15 is 0 Å². The molecule has 1 aromatic carbocycles. The van der Waals surface area contributed by atoms with Gasteiger partial charge in [-0.15, -0.1) is 0 Å². The third-order valence-electron chi connectivity index (χ3n) is 3.74. The third kappa shape index (κ3) is 2.21. The Hall–Kier alpha value is -1.47. The van der Waals surface area contributed by atoms with E-state index < -0.39 is 41.6 Å². The summed E-state index contributed by atoms with van der Waals surface area (Å²) in [5.74, 6) is -17.5. The largest absolute Gasteiger partial charge is 0.393 e. The maximum absolute atomic E-state index is 12.3. The van der Waals surface area contributed by atoms with Crippen molar-refractivity contribution < 1.29 is 50.4 Å². The van der Waals surface area contributed by atoms with E-state index in [0.29, 0.717) is 0 Å². The van der Waals surface area contributed by atoms with Crippen molar-refractivity contribution in [3.8, 4) is 0 Å². The molecule has 1 aliphatic rings. The minimum Gasteiger partial charge on any atom is -0.393 e. The summed E-state index contributed by atoms with van der Waals surface area (Å²) in [5.41, 5.74) is -0.307. The van der Waals surface area contributed by atoms with Crippen molar-refractivity contribution in [2.45, 2.75) is 29.3 Å². The zero-order chi connectivity index (χ0) is 17.7. The number of carbonyl (C=O) groups is 1. The third-order valence-corrected chi connectivity index (χ3v) is 3.74. The van der Waals surface area contributed by atoms with E-state index in [0.717, 1.165) is 12.1 Å².